The monoisotopic (exact) mass is 471 g/mol. The number of nitrogens with one attached hydrogen (secondary N) is 4. The number of hydrogen-bond acceptors (Lipinski definition) is 6. The number of aliphatic imine (C=N–C) groups is 1. The highest BCUT2D eigenvalue weighted by Crippen LogP contribution is 2.23. The molecule has 2 aromatic heterocycles. The van der Waals surface area contributed by atoms with Crippen LogP contribution in [-0.4, -0.2) is 34.1 Å². The Morgan fingerprint density at radius 3 is 2.71 bits per heavy atom. The van der Waals surface area contributed by atoms with Gasteiger partial charge >= 0.3 is 6.03 Å². The van der Waals surface area contributed by atoms with Crippen LogP contribution in [0.4, 0.5) is 21.2 Å². The minimum atomic E-state index is -0.363. The van der Waals surface area contributed by atoms with Crippen molar-refractivity contribution in [3.05, 3.63) is 71.2 Å². The summed E-state index contributed by atoms with van der Waals surface area (Å²) in [6.07, 6.45) is 2.16. The van der Waals surface area contributed by atoms with Gasteiger partial charge in [0.2, 0.25) is 5.91 Å². The van der Waals surface area contributed by atoms with E-state index in [0.717, 1.165) is 32.9 Å². The van der Waals surface area contributed by atoms with Crippen LogP contribution in [0, 0.1) is 5.92 Å². The number of aromatic amines is 1. The Kier molecular flexibility index (Phi) is 5.88. The zero-order chi connectivity index (χ0) is 23.5. The SMILES string of the molecule is CC1CC(=O)NN=C1c1ccc(NC(=O)Nc2ccc3c(/C=N/c4cccs4)[nH]nc3c2)cc1. The molecule has 4 aromatic rings. The van der Waals surface area contributed by atoms with Crippen LogP contribution in [0.2, 0.25) is 0 Å². The second-order valence-corrected chi connectivity index (χ2v) is 8.80. The van der Waals surface area contributed by atoms with Gasteiger partial charge in [-0.05, 0) is 53.4 Å². The van der Waals surface area contributed by atoms with Crippen LogP contribution in [-0.2, 0) is 4.79 Å². The van der Waals surface area contributed by atoms with Crippen molar-refractivity contribution < 1.29 is 9.59 Å². The lowest BCUT2D eigenvalue weighted by Crippen LogP contribution is -2.31. The number of benzene rings is 2. The van der Waals surface area contributed by atoms with E-state index in [2.05, 4.69) is 36.4 Å². The zero-order valence-corrected chi connectivity index (χ0v) is 19.0. The highest BCUT2D eigenvalue weighted by Gasteiger charge is 2.21. The number of carbonyl (C=O) groups is 2. The Hall–Kier alpha value is -4.31. The van der Waals surface area contributed by atoms with Gasteiger partial charge in [0.05, 0.1) is 23.1 Å². The maximum Gasteiger partial charge on any atom is 0.323 e. The number of thiophene rings is 1. The summed E-state index contributed by atoms with van der Waals surface area (Å²) in [5, 5.41) is 20.9. The summed E-state index contributed by atoms with van der Waals surface area (Å²) in [5.74, 6) is -0.0442. The molecule has 2 aromatic carbocycles. The number of hydrogen-bond donors (Lipinski definition) is 4. The molecule has 9 nitrogen and oxygen atoms in total. The van der Waals surface area contributed by atoms with Gasteiger partial charge < -0.3 is 10.6 Å². The Morgan fingerprint density at radius 2 is 1.94 bits per heavy atom. The number of H-pyrrole nitrogens is 1. The van der Waals surface area contributed by atoms with E-state index in [1.54, 1.807) is 35.8 Å². The normalized spacial score (nSPS) is 15.9. The first-order valence-electron chi connectivity index (χ1n) is 10.7. The van der Waals surface area contributed by atoms with Gasteiger partial charge in [-0.1, -0.05) is 19.1 Å². The minimum Gasteiger partial charge on any atom is -0.308 e. The van der Waals surface area contributed by atoms with E-state index in [4.69, 9.17) is 0 Å². The molecule has 0 saturated carbocycles. The average Bonchev–Trinajstić information content (AvgIpc) is 3.48. The predicted octanol–water partition coefficient (Wildman–Crippen LogP) is 4.88. The van der Waals surface area contributed by atoms with Crippen LogP contribution in [0.5, 0.6) is 0 Å². The fourth-order valence-corrected chi connectivity index (χ4v) is 4.27. The lowest BCUT2D eigenvalue weighted by atomic mass is 9.94. The lowest BCUT2D eigenvalue weighted by Gasteiger charge is -2.19. The second-order valence-electron chi connectivity index (χ2n) is 7.87. The Labute approximate surface area is 199 Å². The van der Waals surface area contributed by atoms with Crippen LogP contribution >= 0.6 is 11.3 Å². The van der Waals surface area contributed by atoms with Crippen LogP contribution < -0.4 is 16.1 Å². The molecule has 3 heterocycles. The molecule has 0 saturated heterocycles. The molecule has 0 spiro atoms. The first-order chi connectivity index (χ1) is 16.5. The van der Waals surface area contributed by atoms with E-state index in [1.807, 2.05) is 48.7 Å². The van der Waals surface area contributed by atoms with Crippen molar-refractivity contribution in [2.24, 2.45) is 16.0 Å². The van der Waals surface area contributed by atoms with Crippen LogP contribution in [0.15, 0.2) is 70.1 Å². The van der Waals surface area contributed by atoms with Gasteiger partial charge in [0, 0.05) is 29.1 Å². The summed E-state index contributed by atoms with van der Waals surface area (Å²) >= 11 is 1.56. The fraction of sp³-hybridized carbons (Fsp3) is 0.125. The summed E-state index contributed by atoms with van der Waals surface area (Å²) in [7, 11) is 0. The maximum atomic E-state index is 12.5. The molecule has 1 aliphatic rings. The quantitative estimate of drug-likeness (QED) is 0.310. The van der Waals surface area contributed by atoms with Gasteiger partial charge in [0.15, 0.2) is 0 Å². The van der Waals surface area contributed by atoms with Crippen molar-refractivity contribution >= 4 is 62.5 Å². The highest BCUT2D eigenvalue weighted by atomic mass is 32.1. The average molecular weight is 472 g/mol. The highest BCUT2D eigenvalue weighted by molar-refractivity contribution is 7.13. The third kappa shape index (κ3) is 4.71. The van der Waals surface area contributed by atoms with Crippen molar-refractivity contribution in [2.75, 3.05) is 10.6 Å². The molecule has 10 heteroatoms. The maximum absolute atomic E-state index is 12.5. The van der Waals surface area contributed by atoms with E-state index in [1.165, 1.54) is 0 Å². The number of hydrazone groups is 1. The molecule has 0 bridgehead atoms. The number of rotatable bonds is 5. The van der Waals surface area contributed by atoms with E-state index < -0.39 is 0 Å². The summed E-state index contributed by atoms with van der Waals surface area (Å²) < 4.78 is 0. The molecule has 0 radical (unpaired) electrons. The summed E-state index contributed by atoms with van der Waals surface area (Å²) in [5.41, 5.74) is 7.03. The smallest absolute Gasteiger partial charge is 0.308 e. The van der Waals surface area contributed by atoms with Crippen LogP contribution in [0.25, 0.3) is 10.9 Å². The number of aromatic nitrogens is 2. The van der Waals surface area contributed by atoms with Crippen molar-refractivity contribution in [1.29, 1.82) is 0 Å². The summed E-state index contributed by atoms with van der Waals surface area (Å²) in [6, 6.07) is 16.4. The molecule has 34 heavy (non-hydrogen) atoms. The third-order valence-corrected chi connectivity index (χ3v) is 6.14. The summed E-state index contributed by atoms with van der Waals surface area (Å²) in [4.78, 5) is 28.4. The minimum absolute atomic E-state index is 0.0373. The Morgan fingerprint density at radius 1 is 1.15 bits per heavy atom. The standard InChI is InChI=1S/C24H21N7O2S/c1-14-11-21(32)30-31-23(14)15-4-6-16(7-5-15)26-24(33)27-17-8-9-18-19(12-17)28-29-20(18)13-25-22-3-2-10-34-22/h2-10,12-14H,11H2,1H3,(H,28,29)(H,30,32)(H2,26,27,33)/b25-13+. The van der Waals surface area contributed by atoms with Gasteiger partial charge in [-0.25, -0.2) is 15.2 Å². The lowest BCUT2D eigenvalue weighted by molar-refractivity contribution is -0.121. The molecule has 4 N–H and O–H groups in total. The van der Waals surface area contributed by atoms with E-state index in [9.17, 15) is 9.59 Å². The predicted molar refractivity (Wildman–Crippen MR) is 135 cm³/mol. The second kappa shape index (κ2) is 9.28. The van der Waals surface area contributed by atoms with Crippen molar-refractivity contribution in [3.8, 4) is 0 Å². The number of anilines is 2. The largest absolute Gasteiger partial charge is 0.323 e. The Balaban J connectivity index is 1.23. The van der Waals surface area contributed by atoms with Gasteiger partial charge in [-0.2, -0.15) is 10.2 Å². The fourth-order valence-electron chi connectivity index (χ4n) is 3.70. The molecular formula is C24H21N7O2S. The van der Waals surface area contributed by atoms with E-state index in [-0.39, 0.29) is 17.9 Å². The van der Waals surface area contributed by atoms with Gasteiger partial charge in [0.25, 0.3) is 0 Å². The number of nitrogens with zero attached hydrogens (tertiary/aromatic N) is 3. The molecule has 0 fully saturated rings. The molecule has 1 aliphatic heterocycles. The topological polar surface area (TPSA) is 124 Å². The van der Waals surface area contributed by atoms with Crippen molar-refractivity contribution in [1.82, 2.24) is 15.6 Å². The van der Waals surface area contributed by atoms with E-state index in [0.29, 0.717) is 17.8 Å². The Bertz CT molecular complexity index is 1410. The summed E-state index contributed by atoms with van der Waals surface area (Å²) in [6.45, 7) is 1.97. The van der Waals surface area contributed by atoms with Crippen LogP contribution in [0.1, 0.15) is 24.6 Å². The number of amides is 3. The zero-order valence-electron chi connectivity index (χ0n) is 18.2. The first kappa shape index (κ1) is 21.5. The molecular weight excluding hydrogens is 450 g/mol. The molecule has 1 unspecified atom stereocenters. The third-order valence-electron chi connectivity index (χ3n) is 5.37. The first-order valence-corrected chi connectivity index (χ1v) is 11.5. The molecule has 170 valence electrons. The van der Waals surface area contributed by atoms with E-state index >= 15 is 0 Å². The van der Waals surface area contributed by atoms with Gasteiger partial charge in [-0.15, -0.1) is 11.3 Å². The number of carbonyl (C=O) groups excluding carboxylic acids is 2. The van der Waals surface area contributed by atoms with Gasteiger partial charge in [-0.3, -0.25) is 9.89 Å². The molecule has 0 aliphatic carbocycles. The molecule has 5 rings (SSSR count). The van der Waals surface area contributed by atoms with Crippen LogP contribution in [0.3, 0.4) is 0 Å². The number of fused-ring (bicyclic) bond motifs is 1. The molecule has 3 amide bonds. The van der Waals surface area contributed by atoms with Crippen molar-refractivity contribution in [2.45, 2.75) is 13.3 Å². The van der Waals surface area contributed by atoms with Crippen molar-refractivity contribution in [3.63, 3.8) is 0 Å². The van der Waals surface area contributed by atoms with Gasteiger partial charge in [0.1, 0.15) is 5.00 Å². The number of urea groups is 1. The molecule has 1 atom stereocenters.